The van der Waals surface area contributed by atoms with Crippen molar-refractivity contribution in [1.29, 1.82) is 0 Å². The zero-order valence-corrected chi connectivity index (χ0v) is 14.4. The van der Waals surface area contributed by atoms with Crippen LogP contribution in [0.5, 0.6) is 0 Å². The van der Waals surface area contributed by atoms with Gasteiger partial charge in [-0.05, 0) is 50.6 Å². The van der Waals surface area contributed by atoms with E-state index in [0.29, 0.717) is 33.1 Å². The van der Waals surface area contributed by atoms with Gasteiger partial charge in [-0.3, -0.25) is 0 Å². The standard InChI is InChI=1S/C14H9BrN6O2S/c15-11-7-6-10(22-11)13-17-16-12(23-13)8-24-14-18-19-20-21(14)9-4-2-1-3-5-9/h1-7H,8H2. The van der Waals surface area contributed by atoms with Gasteiger partial charge in [-0.25, -0.2) is 0 Å². The van der Waals surface area contributed by atoms with Crippen LogP contribution in [-0.2, 0) is 5.75 Å². The second-order valence-electron chi connectivity index (χ2n) is 4.60. The number of aromatic nitrogens is 6. The molecule has 0 aliphatic heterocycles. The minimum Gasteiger partial charge on any atom is -0.444 e. The lowest BCUT2D eigenvalue weighted by Crippen LogP contribution is -1.98. The maximum Gasteiger partial charge on any atom is 0.283 e. The van der Waals surface area contributed by atoms with Crippen molar-refractivity contribution in [3.8, 4) is 17.3 Å². The number of para-hydroxylation sites is 1. The molecule has 4 aromatic rings. The van der Waals surface area contributed by atoms with Crippen molar-refractivity contribution >= 4 is 27.7 Å². The van der Waals surface area contributed by atoms with E-state index < -0.39 is 0 Å². The summed E-state index contributed by atoms with van der Waals surface area (Å²) >= 11 is 4.64. The second kappa shape index (κ2) is 6.57. The fourth-order valence-electron chi connectivity index (χ4n) is 1.97. The normalized spacial score (nSPS) is 11.0. The highest BCUT2D eigenvalue weighted by molar-refractivity contribution is 9.10. The molecule has 0 radical (unpaired) electrons. The predicted molar refractivity (Wildman–Crippen MR) is 88.4 cm³/mol. The number of halogens is 1. The highest BCUT2D eigenvalue weighted by Gasteiger charge is 2.14. The number of furan rings is 1. The van der Waals surface area contributed by atoms with Crippen molar-refractivity contribution in [3.05, 3.63) is 53.0 Å². The zero-order valence-electron chi connectivity index (χ0n) is 12.0. The minimum absolute atomic E-state index is 0.332. The van der Waals surface area contributed by atoms with Crippen molar-refractivity contribution in [3.63, 3.8) is 0 Å². The molecule has 0 bridgehead atoms. The highest BCUT2D eigenvalue weighted by Crippen LogP contribution is 2.26. The molecule has 0 saturated heterocycles. The van der Waals surface area contributed by atoms with Gasteiger partial charge in [0.2, 0.25) is 11.0 Å². The van der Waals surface area contributed by atoms with Crippen LogP contribution in [-0.4, -0.2) is 30.4 Å². The van der Waals surface area contributed by atoms with Crippen LogP contribution in [0, 0.1) is 0 Å². The van der Waals surface area contributed by atoms with Gasteiger partial charge >= 0.3 is 0 Å². The molecule has 0 unspecified atom stereocenters. The Balaban J connectivity index is 1.49. The Morgan fingerprint density at radius 2 is 1.88 bits per heavy atom. The first-order chi connectivity index (χ1) is 11.8. The molecule has 0 aliphatic rings. The van der Waals surface area contributed by atoms with E-state index in [4.69, 9.17) is 8.83 Å². The van der Waals surface area contributed by atoms with Gasteiger partial charge < -0.3 is 8.83 Å². The third kappa shape index (κ3) is 3.10. The summed E-state index contributed by atoms with van der Waals surface area (Å²) in [7, 11) is 0. The van der Waals surface area contributed by atoms with E-state index in [1.165, 1.54) is 11.8 Å². The molecule has 4 rings (SSSR count). The second-order valence-corrected chi connectivity index (χ2v) is 6.33. The molecule has 3 heterocycles. The summed E-state index contributed by atoms with van der Waals surface area (Å²) in [6.07, 6.45) is 0. The molecule has 0 aliphatic carbocycles. The van der Waals surface area contributed by atoms with Crippen molar-refractivity contribution in [2.45, 2.75) is 10.9 Å². The van der Waals surface area contributed by atoms with Gasteiger partial charge in [-0.2, -0.15) is 4.68 Å². The van der Waals surface area contributed by atoms with Crippen LogP contribution in [0.15, 0.2) is 61.1 Å². The summed E-state index contributed by atoms with van der Waals surface area (Å²) in [5, 5.41) is 20.4. The van der Waals surface area contributed by atoms with Crippen molar-refractivity contribution < 1.29 is 8.83 Å². The summed E-state index contributed by atoms with van der Waals surface area (Å²) in [5.74, 6) is 1.76. The molecular formula is C14H9BrN6O2S. The van der Waals surface area contributed by atoms with Crippen molar-refractivity contribution in [1.82, 2.24) is 30.4 Å². The fraction of sp³-hybridized carbons (Fsp3) is 0.0714. The Hall–Kier alpha value is -2.46. The number of hydrogen-bond donors (Lipinski definition) is 0. The van der Waals surface area contributed by atoms with E-state index in [0.717, 1.165) is 5.69 Å². The first-order valence-electron chi connectivity index (χ1n) is 6.84. The van der Waals surface area contributed by atoms with Crippen molar-refractivity contribution in [2.75, 3.05) is 0 Å². The van der Waals surface area contributed by atoms with E-state index in [2.05, 4.69) is 41.7 Å². The Morgan fingerprint density at radius 1 is 1.00 bits per heavy atom. The smallest absolute Gasteiger partial charge is 0.283 e. The average molecular weight is 405 g/mol. The lowest BCUT2D eigenvalue weighted by Gasteiger charge is -2.02. The van der Waals surface area contributed by atoms with Gasteiger partial charge in [0.25, 0.3) is 5.89 Å². The molecule has 0 N–H and O–H groups in total. The van der Waals surface area contributed by atoms with Crippen LogP contribution < -0.4 is 0 Å². The molecule has 0 saturated carbocycles. The van der Waals surface area contributed by atoms with Crippen LogP contribution in [0.1, 0.15) is 5.89 Å². The van der Waals surface area contributed by atoms with Crippen LogP contribution in [0.3, 0.4) is 0 Å². The lowest BCUT2D eigenvalue weighted by molar-refractivity contribution is 0.486. The molecule has 3 aromatic heterocycles. The SMILES string of the molecule is Brc1ccc(-c2nnc(CSc3nnnn3-c3ccccc3)o2)o1. The molecule has 10 heteroatoms. The Labute approximate surface area is 148 Å². The van der Waals surface area contributed by atoms with E-state index in [1.807, 2.05) is 30.3 Å². The predicted octanol–water partition coefficient (Wildman–Crippen LogP) is 3.36. The quantitative estimate of drug-likeness (QED) is 0.467. The number of thioether (sulfide) groups is 1. The molecule has 0 atom stereocenters. The number of hydrogen-bond acceptors (Lipinski definition) is 8. The Morgan fingerprint density at radius 3 is 2.67 bits per heavy atom. The van der Waals surface area contributed by atoms with Crippen LogP contribution >= 0.6 is 27.7 Å². The molecular weight excluding hydrogens is 396 g/mol. The zero-order chi connectivity index (χ0) is 16.4. The lowest BCUT2D eigenvalue weighted by atomic mass is 10.3. The molecule has 0 spiro atoms. The summed E-state index contributed by atoms with van der Waals surface area (Å²) in [6.45, 7) is 0. The largest absolute Gasteiger partial charge is 0.444 e. The molecule has 120 valence electrons. The maximum absolute atomic E-state index is 5.59. The molecule has 8 nitrogen and oxygen atoms in total. The summed E-state index contributed by atoms with van der Waals surface area (Å²) in [4.78, 5) is 0. The number of nitrogens with zero attached hydrogens (tertiary/aromatic N) is 6. The van der Waals surface area contributed by atoms with E-state index in [9.17, 15) is 0 Å². The van der Waals surface area contributed by atoms with Gasteiger partial charge in [0.15, 0.2) is 10.4 Å². The van der Waals surface area contributed by atoms with Gasteiger partial charge in [0.05, 0.1) is 11.4 Å². The van der Waals surface area contributed by atoms with Gasteiger partial charge in [-0.1, -0.05) is 30.0 Å². The van der Waals surface area contributed by atoms with Gasteiger partial charge in [-0.15, -0.1) is 15.3 Å². The highest BCUT2D eigenvalue weighted by atomic mass is 79.9. The van der Waals surface area contributed by atoms with Crippen LogP contribution in [0.25, 0.3) is 17.3 Å². The summed E-state index contributed by atoms with van der Waals surface area (Å²) < 4.78 is 13.2. The molecule has 24 heavy (non-hydrogen) atoms. The Kier molecular flexibility index (Phi) is 4.13. The van der Waals surface area contributed by atoms with E-state index in [1.54, 1.807) is 16.8 Å². The average Bonchev–Trinajstić information content (AvgIpc) is 3.34. The van der Waals surface area contributed by atoms with Crippen molar-refractivity contribution in [2.24, 2.45) is 0 Å². The van der Waals surface area contributed by atoms with Crippen LogP contribution in [0.2, 0.25) is 0 Å². The van der Waals surface area contributed by atoms with E-state index >= 15 is 0 Å². The topological polar surface area (TPSA) is 95.7 Å². The van der Waals surface area contributed by atoms with Gasteiger partial charge in [0, 0.05) is 0 Å². The minimum atomic E-state index is 0.332. The maximum atomic E-state index is 5.59. The fourth-order valence-corrected chi connectivity index (χ4v) is 3.00. The summed E-state index contributed by atoms with van der Waals surface area (Å²) in [6, 6.07) is 13.2. The molecule has 0 fully saturated rings. The number of rotatable bonds is 5. The van der Waals surface area contributed by atoms with Crippen LogP contribution in [0.4, 0.5) is 0 Å². The number of benzene rings is 1. The molecule has 1 aromatic carbocycles. The first kappa shape index (κ1) is 15.1. The van der Waals surface area contributed by atoms with Gasteiger partial charge in [0.1, 0.15) is 0 Å². The van der Waals surface area contributed by atoms with E-state index in [-0.39, 0.29) is 0 Å². The summed E-state index contributed by atoms with van der Waals surface area (Å²) in [5.41, 5.74) is 0.886. The first-order valence-corrected chi connectivity index (χ1v) is 8.62. The third-order valence-electron chi connectivity index (χ3n) is 3.02. The Bertz CT molecular complexity index is 951. The number of tetrazole rings is 1. The molecule has 0 amide bonds. The third-order valence-corrected chi connectivity index (χ3v) is 4.35. The monoisotopic (exact) mass is 404 g/mol.